The van der Waals surface area contributed by atoms with Gasteiger partial charge in [0.2, 0.25) is 10.0 Å². The molecule has 1 aromatic carbocycles. The summed E-state index contributed by atoms with van der Waals surface area (Å²) in [5.74, 6) is 0.301. The van der Waals surface area contributed by atoms with Crippen LogP contribution in [0.5, 0.6) is 5.75 Å². The van der Waals surface area contributed by atoms with Crippen LogP contribution in [0.15, 0.2) is 39.9 Å². The van der Waals surface area contributed by atoms with Gasteiger partial charge in [-0.15, -0.1) is 0 Å². The van der Waals surface area contributed by atoms with Crippen molar-refractivity contribution in [3.63, 3.8) is 0 Å². The van der Waals surface area contributed by atoms with Crippen LogP contribution >= 0.6 is 0 Å². The molecule has 0 atom stereocenters. The highest BCUT2D eigenvalue weighted by Gasteiger charge is 2.19. The van der Waals surface area contributed by atoms with Crippen molar-refractivity contribution < 1.29 is 17.7 Å². The minimum atomic E-state index is -3.69. The Bertz CT molecular complexity index is 683. The van der Waals surface area contributed by atoms with Crippen LogP contribution in [0.4, 0.5) is 0 Å². The standard InChI is InChI=1S/C13H17N3O4S/c1-14-8-10-3-4-13(12(7-10)19-2)21(17,18)15-9-11-5-6-20-16-11/h3-7,14-15H,8-9H2,1-2H3. The Hall–Kier alpha value is -1.90. The number of sulfonamides is 1. The van der Waals surface area contributed by atoms with E-state index in [0.29, 0.717) is 18.0 Å². The average molecular weight is 311 g/mol. The number of nitrogens with zero attached hydrogens (tertiary/aromatic N) is 1. The van der Waals surface area contributed by atoms with Gasteiger partial charge in [0, 0.05) is 12.6 Å². The van der Waals surface area contributed by atoms with E-state index in [1.807, 2.05) is 7.05 Å². The number of hydrogen-bond donors (Lipinski definition) is 2. The normalized spacial score (nSPS) is 11.5. The van der Waals surface area contributed by atoms with Gasteiger partial charge in [-0.05, 0) is 24.7 Å². The van der Waals surface area contributed by atoms with Gasteiger partial charge in [0.15, 0.2) is 0 Å². The van der Waals surface area contributed by atoms with E-state index in [-0.39, 0.29) is 11.4 Å². The summed E-state index contributed by atoms with van der Waals surface area (Å²) in [6, 6.07) is 6.55. The molecule has 0 amide bonds. The maximum atomic E-state index is 12.3. The Kier molecular flexibility index (Phi) is 4.94. The summed E-state index contributed by atoms with van der Waals surface area (Å²) in [7, 11) is -0.432. The molecular weight excluding hydrogens is 294 g/mol. The van der Waals surface area contributed by atoms with Gasteiger partial charge in [-0.25, -0.2) is 13.1 Å². The zero-order valence-corrected chi connectivity index (χ0v) is 12.6. The largest absolute Gasteiger partial charge is 0.495 e. The molecule has 114 valence electrons. The molecule has 2 rings (SSSR count). The molecule has 7 nitrogen and oxygen atoms in total. The van der Waals surface area contributed by atoms with Crippen molar-refractivity contribution in [2.75, 3.05) is 14.2 Å². The molecule has 2 aromatic rings. The Morgan fingerprint density at radius 2 is 2.10 bits per heavy atom. The summed E-state index contributed by atoms with van der Waals surface area (Å²) in [6.07, 6.45) is 1.39. The van der Waals surface area contributed by atoms with Gasteiger partial charge in [-0.2, -0.15) is 0 Å². The summed E-state index contributed by atoms with van der Waals surface area (Å²) in [6.45, 7) is 0.684. The molecule has 0 saturated heterocycles. The van der Waals surface area contributed by atoms with E-state index in [1.54, 1.807) is 18.2 Å². The van der Waals surface area contributed by atoms with Crippen LogP contribution in [-0.2, 0) is 23.1 Å². The summed E-state index contributed by atoms with van der Waals surface area (Å²) in [5, 5.41) is 6.65. The molecule has 0 unspecified atom stereocenters. The predicted octanol–water partition coefficient (Wildman–Crippen LogP) is 0.881. The minimum Gasteiger partial charge on any atom is -0.495 e. The molecule has 0 fully saturated rings. The van der Waals surface area contributed by atoms with Crippen LogP contribution in [-0.4, -0.2) is 27.7 Å². The maximum Gasteiger partial charge on any atom is 0.244 e. The minimum absolute atomic E-state index is 0.0558. The first kappa shape index (κ1) is 15.5. The van der Waals surface area contributed by atoms with Crippen molar-refractivity contribution >= 4 is 10.0 Å². The molecule has 2 N–H and O–H groups in total. The van der Waals surface area contributed by atoms with Crippen molar-refractivity contribution in [3.8, 4) is 5.75 Å². The fourth-order valence-electron chi connectivity index (χ4n) is 1.82. The molecule has 0 aliphatic heterocycles. The van der Waals surface area contributed by atoms with E-state index >= 15 is 0 Å². The SMILES string of the molecule is CNCc1ccc(S(=O)(=O)NCc2ccon2)c(OC)c1. The lowest BCUT2D eigenvalue weighted by atomic mass is 10.2. The highest BCUT2D eigenvalue weighted by molar-refractivity contribution is 7.89. The zero-order valence-electron chi connectivity index (χ0n) is 11.8. The van der Waals surface area contributed by atoms with Gasteiger partial charge in [0.25, 0.3) is 0 Å². The van der Waals surface area contributed by atoms with Crippen molar-refractivity contribution in [2.24, 2.45) is 0 Å². The highest BCUT2D eigenvalue weighted by Crippen LogP contribution is 2.25. The van der Waals surface area contributed by atoms with Gasteiger partial charge in [0.05, 0.1) is 19.3 Å². The molecule has 0 spiro atoms. The van der Waals surface area contributed by atoms with Crippen LogP contribution in [0, 0.1) is 0 Å². The summed E-state index contributed by atoms with van der Waals surface area (Å²) in [5.41, 5.74) is 1.44. The first-order chi connectivity index (χ1) is 10.1. The van der Waals surface area contributed by atoms with Gasteiger partial charge in [-0.1, -0.05) is 11.2 Å². The number of nitrogens with one attached hydrogen (secondary N) is 2. The van der Waals surface area contributed by atoms with Crippen molar-refractivity contribution in [1.82, 2.24) is 15.2 Å². The number of benzene rings is 1. The molecular formula is C13H17N3O4S. The fraction of sp³-hybridized carbons (Fsp3) is 0.308. The summed E-state index contributed by atoms with van der Waals surface area (Å²) in [4.78, 5) is 0.0911. The monoisotopic (exact) mass is 311 g/mol. The van der Waals surface area contributed by atoms with Crippen LogP contribution in [0.2, 0.25) is 0 Å². The maximum absolute atomic E-state index is 12.3. The number of rotatable bonds is 7. The van der Waals surface area contributed by atoms with Gasteiger partial charge in [-0.3, -0.25) is 0 Å². The molecule has 0 radical (unpaired) electrons. The topological polar surface area (TPSA) is 93.5 Å². The quantitative estimate of drug-likeness (QED) is 0.788. The van der Waals surface area contributed by atoms with E-state index in [2.05, 4.69) is 19.7 Å². The molecule has 0 bridgehead atoms. The van der Waals surface area contributed by atoms with E-state index in [0.717, 1.165) is 5.56 Å². The zero-order chi connectivity index (χ0) is 15.3. The third-order valence-corrected chi connectivity index (χ3v) is 4.27. The smallest absolute Gasteiger partial charge is 0.244 e. The first-order valence-electron chi connectivity index (χ1n) is 6.27. The number of aromatic nitrogens is 1. The Labute approximate surface area is 123 Å². The molecule has 21 heavy (non-hydrogen) atoms. The number of methoxy groups -OCH3 is 1. The fourth-order valence-corrected chi connectivity index (χ4v) is 2.97. The third-order valence-electron chi connectivity index (χ3n) is 2.83. The highest BCUT2D eigenvalue weighted by atomic mass is 32.2. The van der Waals surface area contributed by atoms with Crippen LogP contribution in [0.25, 0.3) is 0 Å². The molecule has 0 aliphatic rings. The van der Waals surface area contributed by atoms with Gasteiger partial charge < -0.3 is 14.6 Å². The first-order valence-corrected chi connectivity index (χ1v) is 7.75. The van der Waals surface area contributed by atoms with Crippen molar-refractivity contribution in [1.29, 1.82) is 0 Å². The predicted molar refractivity (Wildman–Crippen MR) is 76.3 cm³/mol. The molecule has 1 heterocycles. The second-order valence-electron chi connectivity index (χ2n) is 4.33. The van der Waals surface area contributed by atoms with Crippen LogP contribution < -0.4 is 14.8 Å². The van der Waals surface area contributed by atoms with E-state index in [1.165, 1.54) is 19.4 Å². The lowest BCUT2D eigenvalue weighted by Crippen LogP contribution is -2.24. The van der Waals surface area contributed by atoms with E-state index in [4.69, 9.17) is 4.74 Å². The lowest BCUT2D eigenvalue weighted by Gasteiger charge is -2.11. The van der Waals surface area contributed by atoms with E-state index in [9.17, 15) is 8.42 Å². The molecule has 0 saturated carbocycles. The second kappa shape index (κ2) is 6.70. The second-order valence-corrected chi connectivity index (χ2v) is 6.07. The van der Waals surface area contributed by atoms with Crippen LogP contribution in [0.3, 0.4) is 0 Å². The Morgan fingerprint density at radius 1 is 1.29 bits per heavy atom. The van der Waals surface area contributed by atoms with Gasteiger partial charge >= 0.3 is 0 Å². The third kappa shape index (κ3) is 3.81. The average Bonchev–Trinajstić information content (AvgIpc) is 2.98. The lowest BCUT2D eigenvalue weighted by molar-refractivity contribution is 0.401. The summed E-state index contributed by atoms with van der Waals surface area (Å²) >= 11 is 0. The number of hydrogen-bond acceptors (Lipinski definition) is 6. The Balaban J connectivity index is 2.22. The van der Waals surface area contributed by atoms with E-state index < -0.39 is 10.0 Å². The Morgan fingerprint density at radius 3 is 2.71 bits per heavy atom. The van der Waals surface area contributed by atoms with Crippen molar-refractivity contribution in [2.45, 2.75) is 18.0 Å². The van der Waals surface area contributed by atoms with Crippen molar-refractivity contribution in [3.05, 3.63) is 41.8 Å². The van der Waals surface area contributed by atoms with Crippen LogP contribution in [0.1, 0.15) is 11.3 Å². The summed E-state index contributed by atoms with van der Waals surface area (Å²) < 4.78 is 36.9. The molecule has 0 aliphatic carbocycles. The molecule has 8 heteroatoms. The number of ether oxygens (including phenoxy) is 1. The molecule has 1 aromatic heterocycles. The van der Waals surface area contributed by atoms with Gasteiger partial charge in [0.1, 0.15) is 16.9 Å².